The third-order valence-electron chi connectivity index (χ3n) is 4.80. The fourth-order valence-electron chi connectivity index (χ4n) is 3.16. The molecule has 2 aromatic rings. The molecule has 1 amide bonds. The Morgan fingerprint density at radius 2 is 1.21 bits per heavy atom. The lowest BCUT2D eigenvalue weighted by molar-refractivity contribution is -0.143. The third kappa shape index (κ3) is 5.60. The monoisotopic (exact) mass is 504 g/mol. The van der Waals surface area contributed by atoms with E-state index in [4.69, 9.17) is 0 Å². The molecule has 0 atom stereocenters. The van der Waals surface area contributed by atoms with Crippen molar-refractivity contribution in [3.8, 4) is 0 Å². The van der Waals surface area contributed by atoms with Gasteiger partial charge < -0.3 is 9.80 Å². The summed E-state index contributed by atoms with van der Waals surface area (Å²) in [5.74, 6) is -2.79. The lowest BCUT2D eigenvalue weighted by atomic mass is 10.1. The second kappa shape index (κ2) is 8.54. The lowest BCUT2D eigenvalue weighted by Crippen LogP contribution is -2.48. The second-order valence-corrected chi connectivity index (χ2v) is 8.12. The van der Waals surface area contributed by atoms with E-state index in [2.05, 4.69) is 0 Å². The maximum absolute atomic E-state index is 13.1. The van der Waals surface area contributed by atoms with Crippen molar-refractivity contribution in [1.82, 2.24) is 4.90 Å². The number of hydrogen-bond donors (Lipinski definition) is 0. The van der Waals surface area contributed by atoms with Gasteiger partial charge in [-0.2, -0.15) is 39.5 Å². The normalized spacial score (nSPS) is 15.7. The predicted molar refractivity (Wildman–Crippen MR) is 99.3 cm³/mol. The van der Waals surface area contributed by atoms with Gasteiger partial charge in [0.25, 0.3) is 11.7 Å². The van der Waals surface area contributed by atoms with Crippen molar-refractivity contribution in [2.45, 2.75) is 18.5 Å². The number of benzene rings is 1. The highest BCUT2D eigenvalue weighted by Crippen LogP contribution is 2.38. The summed E-state index contributed by atoms with van der Waals surface area (Å²) >= 11 is 0.352. The van der Waals surface area contributed by atoms with E-state index < -0.39 is 46.2 Å². The van der Waals surface area contributed by atoms with E-state index in [1.165, 1.54) is 9.80 Å². The van der Waals surface area contributed by atoms with Crippen LogP contribution >= 0.6 is 11.3 Å². The van der Waals surface area contributed by atoms with Crippen LogP contribution in [0.15, 0.2) is 30.3 Å². The van der Waals surface area contributed by atoms with Crippen LogP contribution in [0.25, 0.3) is 0 Å². The van der Waals surface area contributed by atoms with Gasteiger partial charge in [-0.15, -0.1) is 11.3 Å². The first kappa shape index (κ1) is 24.9. The van der Waals surface area contributed by atoms with E-state index >= 15 is 0 Å². The smallest absolute Gasteiger partial charge is 0.368 e. The van der Waals surface area contributed by atoms with Gasteiger partial charge in [0.15, 0.2) is 0 Å². The summed E-state index contributed by atoms with van der Waals surface area (Å²) in [6, 6.07) is 3.11. The number of ketones is 1. The fourth-order valence-corrected chi connectivity index (χ4v) is 4.09. The highest BCUT2D eigenvalue weighted by molar-refractivity contribution is 7.16. The summed E-state index contributed by atoms with van der Waals surface area (Å²) in [5, 5.41) is 0. The molecule has 0 unspecified atom stereocenters. The van der Waals surface area contributed by atoms with E-state index in [1.54, 1.807) is 0 Å². The third-order valence-corrected chi connectivity index (χ3v) is 5.87. The highest BCUT2D eigenvalue weighted by Gasteiger charge is 2.41. The fraction of sp³-hybridized carbons (Fsp3) is 0.368. The zero-order valence-electron chi connectivity index (χ0n) is 16.2. The minimum absolute atomic E-state index is 0.0138. The number of carbonyl (C=O) groups is 2. The minimum Gasteiger partial charge on any atom is -0.368 e. The summed E-state index contributed by atoms with van der Waals surface area (Å²) in [4.78, 5) is 25.4. The molecule has 1 fully saturated rings. The Kier molecular flexibility index (Phi) is 6.43. The number of alkyl halides is 9. The molecule has 180 valence electrons. The first-order chi connectivity index (χ1) is 15.1. The van der Waals surface area contributed by atoms with Gasteiger partial charge in [-0.3, -0.25) is 9.59 Å². The molecule has 1 saturated heterocycles. The zero-order valence-corrected chi connectivity index (χ0v) is 17.1. The van der Waals surface area contributed by atoms with Crippen LogP contribution in [0.1, 0.15) is 30.5 Å². The Bertz CT molecular complexity index is 1020. The van der Waals surface area contributed by atoms with Gasteiger partial charge >= 0.3 is 18.5 Å². The summed E-state index contributed by atoms with van der Waals surface area (Å²) in [7, 11) is 0. The maximum atomic E-state index is 13.1. The standard InChI is InChI=1S/C19H13F9N2O2S/c20-17(21,22)10-7-11(18(23,24)25)9-12(8-10)29-3-5-30(6-4-29)16(32)14-2-1-13(33-14)15(31)19(26,27)28/h1-2,7-9H,3-6H2. The van der Waals surface area contributed by atoms with Crippen LogP contribution in [0.3, 0.4) is 0 Å². The summed E-state index contributed by atoms with van der Waals surface area (Å²) in [5.41, 5.74) is -3.25. The molecule has 0 aliphatic carbocycles. The Labute approximate surface area is 184 Å². The van der Waals surface area contributed by atoms with Gasteiger partial charge in [0, 0.05) is 31.9 Å². The van der Waals surface area contributed by atoms with Crippen LogP contribution in [0.5, 0.6) is 0 Å². The number of halogens is 9. The summed E-state index contributed by atoms with van der Waals surface area (Å²) in [6.07, 6.45) is -15.1. The van der Waals surface area contributed by atoms with Crippen LogP contribution in [-0.4, -0.2) is 48.9 Å². The number of piperazine rings is 1. The largest absolute Gasteiger partial charge is 0.455 e. The van der Waals surface area contributed by atoms with Crippen molar-refractivity contribution >= 4 is 28.7 Å². The average molecular weight is 504 g/mol. The molecule has 0 spiro atoms. The van der Waals surface area contributed by atoms with Crippen LogP contribution < -0.4 is 4.90 Å². The van der Waals surface area contributed by atoms with Crippen LogP contribution in [0, 0.1) is 0 Å². The number of carbonyl (C=O) groups excluding carboxylic acids is 2. The van der Waals surface area contributed by atoms with E-state index in [0.29, 0.717) is 23.5 Å². The van der Waals surface area contributed by atoms with Gasteiger partial charge in [0.1, 0.15) is 0 Å². The molecule has 3 rings (SSSR count). The van der Waals surface area contributed by atoms with Crippen LogP contribution in [0.2, 0.25) is 0 Å². The van der Waals surface area contributed by atoms with Gasteiger partial charge in [0.05, 0.1) is 20.9 Å². The molecular formula is C19H13F9N2O2S. The highest BCUT2D eigenvalue weighted by atomic mass is 32.1. The van der Waals surface area contributed by atoms with Crippen LogP contribution in [-0.2, 0) is 12.4 Å². The molecule has 4 nitrogen and oxygen atoms in total. The van der Waals surface area contributed by atoms with Crippen molar-refractivity contribution in [3.05, 3.63) is 51.2 Å². The Hall–Kier alpha value is -2.77. The van der Waals surface area contributed by atoms with E-state index in [-0.39, 0.29) is 42.8 Å². The summed E-state index contributed by atoms with van der Waals surface area (Å²) in [6.45, 7) is -0.415. The number of thiophene rings is 1. The van der Waals surface area contributed by atoms with Crippen molar-refractivity contribution < 1.29 is 49.1 Å². The minimum atomic E-state index is -5.10. The molecule has 2 heterocycles. The molecule has 0 saturated carbocycles. The number of amides is 1. The first-order valence-electron chi connectivity index (χ1n) is 9.12. The molecule has 1 aliphatic rings. The molecule has 14 heteroatoms. The lowest BCUT2D eigenvalue weighted by Gasteiger charge is -2.36. The van der Waals surface area contributed by atoms with Crippen molar-refractivity contribution in [2.75, 3.05) is 31.1 Å². The van der Waals surface area contributed by atoms with Crippen molar-refractivity contribution in [3.63, 3.8) is 0 Å². The van der Waals surface area contributed by atoms with E-state index in [0.717, 1.165) is 12.1 Å². The van der Waals surface area contributed by atoms with Crippen LogP contribution in [0.4, 0.5) is 45.2 Å². The SMILES string of the molecule is O=C(c1ccc(C(=O)C(F)(F)F)s1)N1CCN(c2cc(C(F)(F)F)cc(C(F)(F)F)c2)CC1. The average Bonchev–Trinajstić information content (AvgIpc) is 3.20. The predicted octanol–water partition coefficient (Wildman–Crippen LogP) is 5.49. The van der Waals surface area contributed by atoms with Gasteiger partial charge in [0.2, 0.25) is 0 Å². The molecule has 1 aromatic carbocycles. The molecule has 1 aliphatic heterocycles. The Morgan fingerprint density at radius 3 is 1.67 bits per heavy atom. The quantitative estimate of drug-likeness (QED) is 0.410. The first-order valence-corrected chi connectivity index (χ1v) is 9.94. The van der Waals surface area contributed by atoms with Gasteiger partial charge in [-0.25, -0.2) is 0 Å². The molecule has 0 radical (unpaired) electrons. The number of hydrogen-bond acceptors (Lipinski definition) is 4. The molecule has 1 aromatic heterocycles. The second-order valence-electron chi connectivity index (χ2n) is 7.03. The zero-order chi connectivity index (χ0) is 24.8. The van der Waals surface area contributed by atoms with E-state index in [1.807, 2.05) is 0 Å². The number of rotatable bonds is 3. The topological polar surface area (TPSA) is 40.6 Å². The molecule has 0 N–H and O–H groups in total. The number of Topliss-reactive ketones (excluding diaryl/α,β-unsaturated/α-hetero) is 1. The summed E-state index contributed by atoms with van der Waals surface area (Å²) < 4.78 is 116. The van der Waals surface area contributed by atoms with Crippen molar-refractivity contribution in [1.29, 1.82) is 0 Å². The molecule has 33 heavy (non-hydrogen) atoms. The van der Waals surface area contributed by atoms with Gasteiger partial charge in [-0.05, 0) is 30.3 Å². The van der Waals surface area contributed by atoms with E-state index in [9.17, 15) is 49.1 Å². The maximum Gasteiger partial charge on any atom is 0.455 e. The Balaban J connectivity index is 1.74. The van der Waals surface area contributed by atoms with Crippen molar-refractivity contribution in [2.24, 2.45) is 0 Å². The number of nitrogens with zero attached hydrogens (tertiary/aromatic N) is 2. The van der Waals surface area contributed by atoms with Gasteiger partial charge in [-0.1, -0.05) is 0 Å². The molecular weight excluding hydrogens is 491 g/mol. The molecule has 0 bridgehead atoms. The Morgan fingerprint density at radius 1 is 0.727 bits per heavy atom. The number of anilines is 1.